The van der Waals surface area contributed by atoms with E-state index in [4.69, 9.17) is 0 Å². The Labute approximate surface area is 117 Å². The molecular formula is C14H18N2O4. The van der Waals surface area contributed by atoms with Crippen LogP contribution in [0.25, 0.3) is 0 Å². The maximum Gasteiger partial charge on any atom is 0.337 e. The van der Waals surface area contributed by atoms with Gasteiger partial charge in [0.1, 0.15) is 5.78 Å². The highest BCUT2D eigenvalue weighted by molar-refractivity contribution is 5.92. The van der Waals surface area contributed by atoms with E-state index in [1.165, 1.54) is 14.0 Å². The summed E-state index contributed by atoms with van der Waals surface area (Å²) in [5, 5.41) is 5.27. The number of carbonyl (C=O) groups excluding carboxylic acids is 3. The maximum atomic E-state index is 11.5. The Kier molecular flexibility index (Phi) is 6.22. The molecule has 0 saturated carbocycles. The molecule has 0 saturated heterocycles. The average Bonchev–Trinajstić information content (AvgIpc) is 2.43. The van der Waals surface area contributed by atoms with Crippen LogP contribution in [0.2, 0.25) is 0 Å². The first-order valence-electron chi connectivity index (χ1n) is 6.25. The van der Waals surface area contributed by atoms with Gasteiger partial charge in [-0.3, -0.25) is 0 Å². The number of hydrogen-bond donors (Lipinski definition) is 2. The highest BCUT2D eigenvalue weighted by atomic mass is 16.5. The quantitative estimate of drug-likeness (QED) is 0.615. The van der Waals surface area contributed by atoms with Crippen LogP contribution in [0.4, 0.5) is 10.5 Å². The van der Waals surface area contributed by atoms with E-state index in [0.29, 0.717) is 30.6 Å². The van der Waals surface area contributed by atoms with E-state index in [1.807, 2.05) is 0 Å². The second-order valence-corrected chi connectivity index (χ2v) is 4.26. The van der Waals surface area contributed by atoms with Crippen molar-refractivity contribution in [2.45, 2.75) is 19.8 Å². The van der Waals surface area contributed by atoms with Gasteiger partial charge >= 0.3 is 12.0 Å². The van der Waals surface area contributed by atoms with E-state index >= 15 is 0 Å². The van der Waals surface area contributed by atoms with Crippen molar-refractivity contribution < 1.29 is 19.1 Å². The van der Waals surface area contributed by atoms with Crippen LogP contribution in [-0.4, -0.2) is 31.4 Å². The summed E-state index contributed by atoms with van der Waals surface area (Å²) in [6, 6.07) is 6.01. The summed E-state index contributed by atoms with van der Waals surface area (Å²) in [7, 11) is 1.31. The van der Waals surface area contributed by atoms with Crippen LogP contribution in [0.15, 0.2) is 24.3 Å². The number of methoxy groups -OCH3 is 1. The van der Waals surface area contributed by atoms with Gasteiger partial charge in [-0.1, -0.05) is 0 Å². The molecule has 2 amide bonds. The van der Waals surface area contributed by atoms with Gasteiger partial charge in [-0.25, -0.2) is 9.59 Å². The van der Waals surface area contributed by atoms with Gasteiger partial charge in [0.2, 0.25) is 0 Å². The van der Waals surface area contributed by atoms with E-state index < -0.39 is 5.97 Å². The fraction of sp³-hybridized carbons (Fsp3) is 0.357. The number of nitrogens with one attached hydrogen (secondary N) is 2. The number of esters is 1. The monoisotopic (exact) mass is 278 g/mol. The minimum Gasteiger partial charge on any atom is -0.465 e. The number of benzene rings is 1. The van der Waals surface area contributed by atoms with Crippen molar-refractivity contribution in [2.75, 3.05) is 19.0 Å². The SMILES string of the molecule is COC(=O)c1ccc(NC(=O)NCCCC(C)=O)cc1. The standard InChI is InChI=1S/C14H18N2O4/c1-10(17)4-3-9-15-14(19)16-12-7-5-11(6-8-12)13(18)20-2/h5-8H,3-4,9H2,1-2H3,(H2,15,16,19). The van der Waals surface area contributed by atoms with Crippen molar-refractivity contribution in [1.82, 2.24) is 5.32 Å². The smallest absolute Gasteiger partial charge is 0.337 e. The molecule has 0 unspecified atom stereocenters. The summed E-state index contributed by atoms with van der Waals surface area (Å²) in [4.78, 5) is 33.5. The number of rotatable bonds is 6. The van der Waals surface area contributed by atoms with Gasteiger partial charge in [0, 0.05) is 18.7 Å². The zero-order valence-electron chi connectivity index (χ0n) is 11.6. The Morgan fingerprint density at radius 3 is 2.35 bits per heavy atom. The molecule has 0 aliphatic heterocycles. The molecule has 0 spiro atoms. The molecule has 0 aliphatic carbocycles. The Hall–Kier alpha value is -2.37. The number of hydrogen-bond acceptors (Lipinski definition) is 4. The number of urea groups is 1. The molecule has 0 heterocycles. The van der Waals surface area contributed by atoms with Gasteiger partial charge in [-0.2, -0.15) is 0 Å². The third-order valence-electron chi connectivity index (χ3n) is 2.56. The van der Waals surface area contributed by atoms with Gasteiger partial charge in [-0.15, -0.1) is 0 Å². The first-order chi connectivity index (χ1) is 9.52. The van der Waals surface area contributed by atoms with E-state index in [2.05, 4.69) is 15.4 Å². The van der Waals surface area contributed by atoms with Crippen molar-refractivity contribution in [2.24, 2.45) is 0 Å². The average molecular weight is 278 g/mol. The van der Waals surface area contributed by atoms with Gasteiger partial charge in [0.05, 0.1) is 12.7 Å². The molecule has 108 valence electrons. The molecule has 6 heteroatoms. The van der Waals surface area contributed by atoms with E-state index in [-0.39, 0.29) is 11.8 Å². The Morgan fingerprint density at radius 2 is 1.80 bits per heavy atom. The summed E-state index contributed by atoms with van der Waals surface area (Å²) in [6.07, 6.45) is 1.07. The van der Waals surface area contributed by atoms with Crippen LogP contribution in [0, 0.1) is 0 Å². The molecule has 2 N–H and O–H groups in total. The number of anilines is 1. The Morgan fingerprint density at radius 1 is 1.15 bits per heavy atom. The van der Waals surface area contributed by atoms with Crippen molar-refractivity contribution >= 4 is 23.5 Å². The zero-order valence-corrected chi connectivity index (χ0v) is 11.6. The fourth-order valence-corrected chi connectivity index (χ4v) is 1.52. The molecule has 1 aromatic carbocycles. The molecular weight excluding hydrogens is 260 g/mol. The number of ketones is 1. The van der Waals surface area contributed by atoms with E-state index in [0.717, 1.165) is 0 Å². The highest BCUT2D eigenvalue weighted by Crippen LogP contribution is 2.10. The summed E-state index contributed by atoms with van der Waals surface area (Å²) >= 11 is 0. The van der Waals surface area contributed by atoms with Crippen molar-refractivity contribution in [3.8, 4) is 0 Å². The topological polar surface area (TPSA) is 84.5 Å². The van der Waals surface area contributed by atoms with Crippen LogP contribution in [-0.2, 0) is 9.53 Å². The van der Waals surface area contributed by atoms with Gasteiger partial charge in [-0.05, 0) is 37.6 Å². The maximum absolute atomic E-state index is 11.5. The molecule has 20 heavy (non-hydrogen) atoms. The fourth-order valence-electron chi connectivity index (χ4n) is 1.52. The Bertz CT molecular complexity index is 482. The van der Waals surface area contributed by atoms with Crippen LogP contribution in [0.3, 0.4) is 0 Å². The zero-order chi connectivity index (χ0) is 15.0. The van der Waals surface area contributed by atoms with E-state index in [9.17, 15) is 14.4 Å². The summed E-state index contributed by atoms with van der Waals surface area (Å²) < 4.78 is 4.58. The number of Topliss-reactive ketones (excluding diaryl/α,β-unsaturated/α-hetero) is 1. The highest BCUT2D eigenvalue weighted by Gasteiger charge is 2.06. The first-order valence-corrected chi connectivity index (χ1v) is 6.25. The summed E-state index contributed by atoms with van der Waals surface area (Å²) in [5.41, 5.74) is 0.988. The summed E-state index contributed by atoms with van der Waals surface area (Å²) in [6.45, 7) is 1.95. The van der Waals surface area contributed by atoms with Gasteiger partial charge < -0.3 is 20.2 Å². The third-order valence-corrected chi connectivity index (χ3v) is 2.56. The van der Waals surface area contributed by atoms with Crippen molar-refractivity contribution in [3.05, 3.63) is 29.8 Å². The number of carbonyl (C=O) groups is 3. The lowest BCUT2D eigenvalue weighted by atomic mass is 10.2. The predicted octanol–water partition coefficient (Wildman–Crippen LogP) is 1.96. The first kappa shape index (κ1) is 15.7. The molecule has 0 aliphatic rings. The predicted molar refractivity (Wildman–Crippen MR) is 74.7 cm³/mol. The molecule has 0 aromatic heterocycles. The largest absolute Gasteiger partial charge is 0.465 e. The molecule has 0 fully saturated rings. The number of amides is 2. The van der Waals surface area contributed by atoms with Crippen LogP contribution in [0.5, 0.6) is 0 Å². The lowest BCUT2D eigenvalue weighted by molar-refractivity contribution is -0.117. The van der Waals surface area contributed by atoms with Crippen LogP contribution >= 0.6 is 0 Å². The normalized spacial score (nSPS) is 9.70. The van der Waals surface area contributed by atoms with Crippen molar-refractivity contribution in [3.63, 3.8) is 0 Å². The van der Waals surface area contributed by atoms with Crippen LogP contribution in [0.1, 0.15) is 30.1 Å². The van der Waals surface area contributed by atoms with E-state index in [1.54, 1.807) is 24.3 Å². The molecule has 0 bridgehead atoms. The molecule has 0 radical (unpaired) electrons. The minimum atomic E-state index is -0.426. The lowest BCUT2D eigenvalue weighted by Gasteiger charge is -2.07. The molecule has 6 nitrogen and oxygen atoms in total. The second kappa shape index (κ2) is 7.93. The van der Waals surface area contributed by atoms with Gasteiger partial charge in [0.15, 0.2) is 0 Å². The minimum absolute atomic E-state index is 0.102. The third kappa shape index (κ3) is 5.51. The molecule has 1 rings (SSSR count). The van der Waals surface area contributed by atoms with Gasteiger partial charge in [0.25, 0.3) is 0 Å². The Balaban J connectivity index is 2.38. The molecule has 1 aromatic rings. The molecule has 0 atom stereocenters. The summed E-state index contributed by atoms with van der Waals surface area (Å²) in [5.74, 6) is -0.323. The lowest BCUT2D eigenvalue weighted by Crippen LogP contribution is -2.29. The van der Waals surface area contributed by atoms with Crippen LogP contribution < -0.4 is 10.6 Å². The number of ether oxygens (including phenoxy) is 1. The van der Waals surface area contributed by atoms with Crippen molar-refractivity contribution in [1.29, 1.82) is 0 Å². The second-order valence-electron chi connectivity index (χ2n) is 4.26.